The highest BCUT2D eigenvalue weighted by Crippen LogP contribution is 2.42. The van der Waals surface area contributed by atoms with Crippen LogP contribution >= 0.6 is 11.6 Å². The van der Waals surface area contributed by atoms with Crippen molar-refractivity contribution in [3.63, 3.8) is 0 Å². The van der Waals surface area contributed by atoms with Gasteiger partial charge in [-0.15, -0.1) is 0 Å². The highest BCUT2D eigenvalue weighted by atomic mass is 35.5. The van der Waals surface area contributed by atoms with Crippen molar-refractivity contribution in [3.8, 4) is 0 Å². The van der Waals surface area contributed by atoms with Crippen LogP contribution in [0.4, 0.5) is 13.2 Å². The van der Waals surface area contributed by atoms with Crippen molar-refractivity contribution in [2.75, 3.05) is 0 Å². The van der Waals surface area contributed by atoms with Crippen molar-refractivity contribution >= 4 is 28.4 Å². The zero-order valence-electron chi connectivity index (χ0n) is 16.1. The van der Waals surface area contributed by atoms with Crippen LogP contribution in [0.15, 0.2) is 30.7 Å². The zero-order chi connectivity index (χ0) is 21.5. The van der Waals surface area contributed by atoms with Gasteiger partial charge >= 0.3 is 6.18 Å². The maximum atomic E-state index is 12.6. The summed E-state index contributed by atoms with van der Waals surface area (Å²) in [6.07, 6.45) is 2.31. The van der Waals surface area contributed by atoms with E-state index in [9.17, 15) is 18.0 Å². The fraction of sp³-hybridized carbons (Fsp3) is 0.400. The van der Waals surface area contributed by atoms with E-state index in [1.807, 2.05) is 0 Å². The molecule has 0 aliphatic heterocycles. The lowest BCUT2D eigenvalue weighted by Crippen LogP contribution is -2.28. The second-order valence-corrected chi connectivity index (χ2v) is 7.94. The van der Waals surface area contributed by atoms with Crippen molar-refractivity contribution in [1.82, 2.24) is 25.1 Å². The van der Waals surface area contributed by atoms with Crippen LogP contribution < -0.4 is 5.32 Å². The summed E-state index contributed by atoms with van der Waals surface area (Å²) in [5.74, 6) is 0.205. The Morgan fingerprint density at radius 2 is 2.03 bits per heavy atom. The fourth-order valence-corrected chi connectivity index (χ4v) is 3.66. The number of alkyl halides is 3. The number of hydrogen-bond acceptors (Lipinski definition) is 4. The minimum atomic E-state index is -4.37. The Bertz CT molecular complexity index is 1090. The van der Waals surface area contributed by atoms with Crippen molar-refractivity contribution < 1.29 is 18.0 Å². The first kappa shape index (κ1) is 20.6. The summed E-state index contributed by atoms with van der Waals surface area (Å²) in [4.78, 5) is 21.0. The molecule has 0 saturated heterocycles. The first-order valence-corrected chi connectivity index (χ1v) is 9.89. The fourth-order valence-electron chi connectivity index (χ4n) is 3.32. The van der Waals surface area contributed by atoms with Gasteiger partial charge in [-0.2, -0.15) is 18.3 Å². The van der Waals surface area contributed by atoms with Gasteiger partial charge in [-0.3, -0.25) is 19.4 Å². The maximum Gasteiger partial charge on any atom is 0.408 e. The first-order chi connectivity index (χ1) is 14.2. The number of nitrogens with one attached hydrogen (secondary N) is 1. The molecule has 10 heteroatoms. The molecule has 0 spiro atoms. The molecule has 3 aromatic heterocycles. The smallest absolute Gasteiger partial charge is 0.348 e. The number of carbonyl (C=O) groups is 1. The number of rotatable bonds is 6. The molecule has 1 aliphatic carbocycles. The molecular weight excluding hydrogens is 419 g/mol. The number of halogens is 4. The van der Waals surface area contributed by atoms with E-state index in [-0.39, 0.29) is 17.8 Å². The summed E-state index contributed by atoms with van der Waals surface area (Å²) in [7, 11) is 0. The van der Waals surface area contributed by atoms with Gasteiger partial charge < -0.3 is 5.32 Å². The lowest BCUT2D eigenvalue weighted by molar-refractivity contribution is -0.141. The number of amides is 1. The highest BCUT2D eigenvalue weighted by molar-refractivity contribution is 6.31. The highest BCUT2D eigenvalue weighted by Gasteiger charge is 2.29. The molecule has 1 fully saturated rings. The summed E-state index contributed by atoms with van der Waals surface area (Å²) in [5.41, 5.74) is 2.41. The van der Waals surface area contributed by atoms with Crippen molar-refractivity contribution in [3.05, 3.63) is 52.7 Å². The predicted molar refractivity (Wildman–Crippen MR) is 105 cm³/mol. The molecule has 3 heterocycles. The predicted octanol–water partition coefficient (Wildman–Crippen LogP) is 4.34. The van der Waals surface area contributed by atoms with Crippen LogP contribution in [0.1, 0.15) is 48.7 Å². The molecule has 0 bridgehead atoms. The molecule has 30 heavy (non-hydrogen) atoms. The van der Waals surface area contributed by atoms with Crippen LogP contribution in [0.25, 0.3) is 10.9 Å². The van der Waals surface area contributed by atoms with Gasteiger partial charge in [0.15, 0.2) is 0 Å². The third-order valence-corrected chi connectivity index (χ3v) is 5.26. The van der Waals surface area contributed by atoms with Gasteiger partial charge in [-0.25, -0.2) is 0 Å². The SMILES string of the molecule is C[C@@H](NC(=O)Cc1cnc(C2CC2)c(Cl)c1)c1cc2cnn(CC(F)(F)F)c2cn1. The summed E-state index contributed by atoms with van der Waals surface area (Å²) in [5, 5.41) is 7.73. The minimum Gasteiger partial charge on any atom is -0.348 e. The number of fused-ring (bicyclic) bond motifs is 1. The third kappa shape index (κ3) is 4.72. The van der Waals surface area contributed by atoms with Crippen LogP contribution in [-0.4, -0.2) is 31.8 Å². The van der Waals surface area contributed by atoms with Gasteiger partial charge in [0.1, 0.15) is 6.54 Å². The monoisotopic (exact) mass is 437 g/mol. The summed E-state index contributed by atoms with van der Waals surface area (Å²) < 4.78 is 38.7. The lowest BCUT2D eigenvalue weighted by atomic mass is 10.1. The normalized spacial score (nSPS) is 15.4. The molecule has 1 N–H and O–H groups in total. The molecule has 0 radical (unpaired) electrons. The van der Waals surface area contributed by atoms with Gasteiger partial charge in [0.2, 0.25) is 5.91 Å². The summed E-state index contributed by atoms with van der Waals surface area (Å²) in [6.45, 7) is 0.577. The maximum absolute atomic E-state index is 12.6. The van der Waals surface area contributed by atoms with Crippen LogP contribution in [-0.2, 0) is 17.8 Å². The van der Waals surface area contributed by atoms with Gasteiger partial charge in [0.05, 0.1) is 46.8 Å². The number of hydrogen-bond donors (Lipinski definition) is 1. The minimum absolute atomic E-state index is 0.119. The Morgan fingerprint density at radius 3 is 2.70 bits per heavy atom. The van der Waals surface area contributed by atoms with Gasteiger partial charge in [-0.1, -0.05) is 11.6 Å². The van der Waals surface area contributed by atoms with E-state index >= 15 is 0 Å². The molecule has 1 amide bonds. The number of pyridine rings is 2. The van der Waals surface area contributed by atoms with E-state index in [2.05, 4.69) is 20.4 Å². The zero-order valence-corrected chi connectivity index (χ0v) is 16.8. The quantitative estimate of drug-likeness (QED) is 0.622. The number of aromatic nitrogens is 4. The Hall–Kier alpha value is -2.68. The Labute approximate surface area is 175 Å². The molecule has 6 nitrogen and oxygen atoms in total. The third-order valence-electron chi connectivity index (χ3n) is 4.95. The molecule has 0 aromatic carbocycles. The van der Waals surface area contributed by atoms with E-state index in [0.29, 0.717) is 27.6 Å². The number of carbonyl (C=O) groups excluding carboxylic acids is 1. The van der Waals surface area contributed by atoms with Gasteiger partial charge in [0.25, 0.3) is 0 Å². The van der Waals surface area contributed by atoms with Crippen LogP contribution in [0, 0.1) is 0 Å². The van der Waals surface area contributed by atoms with Crippen molar-refractivity contribution in [2.45, 2.75) is 50.9 Å². The standard InChI is InChI=1S/C20H19ClF3N5O/c1-11(16-6-14-8-27-29(10-20(22,23)24)17(14)9-25-16)28-18(30)5-12-4-15(21)19(26-7-12)13-2-3-13/h4,6-9,11,13H,2-3,5,10H2,1H3,(H,28,30)/t11-/m1/s1. The Balaban J connectivity index is 1.41. The molecule has 1 saturated carbocycles. The van der Waals surface area contributed by atoms with E-state index in [4.69, 9.17) is 11.6 Å². The topological polar surface area (TPSA) is 72.7 Å². The average Bonchev–Trinajstić information content (AvgIpc) is 3.42. The molecule has 4 rings (SSSR count). The molecule has 1 atom stereocenters. The van der Waals surface area contributed by atoms with Gasteiger partial charge in [0, 0.05) is 17.5 Å². The average molecular weight is 438 g/mol. The molecule has 1 aliphatic rings. The van der Waals surface area contributed by atoms with Crippen molar-refractivity contribution in [1.29, 1.82) is 0 Å². The molecular formula is C20H19ClF3N5O. The summed E-state index contributed by atoms with van der Waals surface area (Å²) in [6, 6.07) is 2.97. The van der Waals surface area contributed by atoms with E-state index in [0.717, 1.165) is 23.2 Å². The molecule has 158 valence electrons. The van der Waals surface area contributed by atoms with Crippen molar-refractivity contribution in [2.24, 2.45) is 0 Å². The van der Waals surface area contributed by atoms with E-state index in [1.165, 1.54) is 12.4 Å². The van der Waals surface area contributed by atoms with Crippen LogP contribution in [0.2, 0.25) is 5.02 Å². The number of nitrogens with zero attached hydrogens (tertiary/aromatic N) is 4. The van der Waals surface area contributed by atoms with E-state index < -0.39 is 18.8 Å². The second-order valence-electron chi connectivity index (χ2n) is 7.54. The molecule has 0 unspecified atom stereocenters. The Kier molecular flexibility index (Phi) is 5.40. The Morgan fingerprint density at radius 1 is 1.27 bits per heavy atom. The second kappa shape index (κ2) is 7.86. The van der Waals surface area contributed by atoms with Gasteiger partial charge in [-0.05, 0) is 37.5 Å². The van der Waals surface area contributed by atoms with Crippen LogP contribution in [0.3, 0.4) is 0 Å². The lowest BCUT2D eigenvalue weighted by Gasteiger charge is -2.14. The summed E-state index contributed by atoms with van der Waals surface area (Å²) >= 11 is 6.26. The largest absolute Gasteiger partial charge is 0.408 e. The van der Waals surface area contributed by atoms with Crippen LogP contribution in [0.5, 0.6) is 0 Å². The molecule has 3 aromatic rings. The first-order valence-electron chi connectivity index (χ1n) is 9.51. The van der Waals surface area contributed by atoms with E-state index in [1.54, 1.807) is 25.3 Å².